The van der Waals surface area contributed by atoms with Crippen LogP contribution in [0.5, 0.6) is 0 Å². The van der Waals surface area contributed by atoms with Crippen LogP contribution in [0.4, 0.5) is 5.69 Å². The molecular weight excluding hydrogens is 400 g/mol. The second-order valence-electron chi connectivity index (χ2n) is 7.87. The van der Waals surface area contributed by atoms with Crippen LogP contribution in [0.1, 0.15) is 61.6 Å². The number of nitrogens with one attached hydrogen (secondary N) is 1. The summed E-state index contributed by atoms with van der Waals surface area (Å²) in [5.74, 6) is -0.942. The highest BCUT2D eigenvalue weighted by molar-refractivity contribution is 6.22. The van der Waals surface area contributed by atoms with Crippen molar-refractivity contribution in [2.24, 2.45) is 0 Å². The van der Waals surface area contributed by atoms with Crippen molar-refractivity contribution in [3.05, 3.63) is 100 Å². The molecule has 0 aromatic heterocycles. The number of carbonyl (C=O) groups excluding carboxylic acids is 3. The van der Waals surface area contributed by atoms with E-state index in [9.17, 15) is 14.4 Å². The summed E-state index contributed by atoms with van der Waals surface area (Å²) >= 11 is 0. The van der Waals surface area contributed by atoms with Crippen molar-refractivity contribution < 1.29 is 14.4 Å². The van der Waals surface area contributed by atoms with Crippen LogP contribution in [-0.2, 0) is 19.3 Å². The SMILES string of the molecule is CCc1cccc(CC)c1NC(=O)c1ccc2c(c1)C(=O)N(CCc1ccccc1)C2=O. The van der Waals surface area contributed by atoms with E-state index in [2.05, 4.69) is 5.32 Å². The molecule has 0 radical (unpaired) electrons. The molecule has 4 rings (SSSR count). The van der Waals surface area contributed by atoms with Gasteiger partial charge in [0.2, 0.25) is 0 Å². The van der Waals surface area contributed by atoms with E-state index in [0.29, 0.717) is 24.1 Å². The second kappa shape index (κ2) is 9.18. The lowest BCUT2D eigenvalue weighted by atomic mass is 10.0. The van der Waals surface area contributed by atoms with Gasteiger partial charge in [-0.3, -0.25) is 19.3 Å². The molecule has 0 aliphatic carbocycles. The van der Waals surface area contributed by atoms with Crippen LogP contribution >= 0.6 is 0 Å². The van der Waals surface area contributed by atoms with Crippen LogP contribution in [-0.4, -0.2) is 29.2 Å². The van der Waals surface area contributed by atoms with Crippen LogP contribution in [0.25, 0.3) is 0 Å². The number of carbonyl (C=O) groups is 3. The summed E-state index contributed by atoms with van der Waals surface area (Å²) in [5.41, 5.74) is 5.02. The zero-order valence-electron chi connectivity index (χ0n) is 18.4. The molecule has 3 aromatic carbocycles. The number of imide groups is 1. The lowest BCUT2D eigenvalue weighted by molar-refractivity contribution is 0.0656. The molecular formula is C27H26N2O3. The Balaban J connectivity index is 1.54. The fourth-order valence-corrected chi connectivity index (χ4v) is 4.11. The minimum atomic E-state index is -0.348. The van der Waals surface area contributed by atoms with Gasteiger partial charge in [0.15, 0.2) is 0 Å². The number of hydrogen-bond donors (Lipinski definition) is 1. The maximum Gasteiger partial charge on any atom is 0.261 e. The van der Waals surface area contributed by atoms with E-state index < -0.39 is 0 Å². The summed E-state index contributed by atoms with van der Waals surface area (Å²) in [7, 11) is 0. The highest BCUT2D eigenvalue weighted by atomic mass is 16.2. The van der Waals surface area contributed by atoms with E-state index in [1.807, 2.05) is 62.4 Å². The normalized spacial score (nSPS) is 12.8. The molecule has 0 saturated carbocycles. The standard InChI is InChI=1S/C27H26N2O3/c1-3-19-11-8-12-20(4-2)24(19)28-25(30)21-13-14-22-23(17-21)27(32)29(26(22)31)16-15-18-9-6-5-7-10-18/h5-14,17H,3-4,15-16H2,1-2H3,(H,28,30). The van der Waals surface area contributed by atoms with Gasteiger partial charge >= 0.3 is 0 Å². The molecule has 0 saturated heterocycles. The number of aryl methyl sites for hydroxylation is 2. The first-order valence-electron chi connectivity index (χ1n) is 11.0. The first-order valence-corrected chi connectivity index (χ1v) is 11.0. The Hall–Kier alpha value is -3.73. The van der Waals surface area contributed by atoms with E-state index in [0.717, 1.165) is 35.2 Å². The zero-order chi connectivity index (χ0) is 22.7. The molecule has 3 amide bonds. The smallest absolute Gasteiger partial charge is 0.261 e. The lowest BCUT2D eigenvalue weighted by Crippen LogP contribution is -2.31. The van der Waals surface area contributed by atoms with E-state index in [-0.39, 0.29) is 23.3 Å². The highest BCUT2D eigenvalue weighted by Crippen LogP contribution is 2.27. The van der Waals surface area contributed by atoms with E-state index in [1.165, 1.54) is 11.0 Å². The predicted octanol–water partition coefficient (Wildman–Crippen LogP) is 4.90. The van der Waals surface area contributed by atoms with Crippen LogP contribution in [0.3, 0.4) is 0 Å². The zero-order valence-corrected chi connectivity index (χ0v) is 18.4. The molecule has 1 heterocycles. The Labute approximate surface area is 188 Å². The van der Waals surface area contributed by atoms with E-state index in [4.69, 9.17) is 0 Å². The summed E-state index contributed by atoms with van der Waals surface area (Å²) in [5, 5.41) is 3.02. The van der Waals surface area contributed by atoms with Gasteiger partial charge in [0.05, 0.1) is 11.1 Å². The molecule has 1 aliphatic rings. The van der Waals surface area contributed by atoms with E-state index >= 15 is 0 Å². The Morgan fingerprint density at radius 1 is 0.812 bits per heavy atom. The van der Waals surface area contributed by atoms with E-state index in [1.54, 1.807) is 12.1 Å². The third-order valence-electron chi connectivity index (χ3n) is 5.94. The van der Waals surface area contributed by atoms with Crippen molar-refractivity contribution in [1.82, 2.24) is 4.90 Å². The summed E-state index contributed by atoms with van der Waals surface area (Å²) < 4.78 is 0. The maximum atomic E-state index is 13.0. The molecule has 5 heteroatoms. The van der Waals surface area contributed by atoms with Crippen molar-refractivity contribution in [1.29, 1.82) is 0 Å². The Morgan fingerprint density at radius 2 is 1.47 bits per heavy atom. The topological polar surface area (TPSA) is 66.5 Å². The third-order valence-corrected chi connectivity index (χ3v) is 5.94. The van der Waals surface area contributed by atoms with Gasteiger partial charge in [-0.1, -0.05) is 62.4 Å². The number of fused-ring (bicyclic) bond motifs is 1. The predicted molar refractivity (Wildman–Crippen MR) is 125 cm³/mol. The quantitative estimate of drug-likeness (QED) is 0.546. The largest absolute Gasteiger partial charge is 0.321 e. The van der Waals surface area contributed by atoms with Crippen molar-refractivity contribution in [3.8, 4) is 0 Å². The molecule has 0 spiro atoms. The van der Waals surface area contributed by atoms with Crippen LogP contribution in [0.2, 0.25) is 0 Å². The second-order valence-corrected chi connectivity index (χ2v) is 7.87. The Morgan fingerprint density at radius 3 is 2.12 bits per heavy atom. The van der Waals surface area contributed by atoms with Crippen LogP contribution in [0, 0.1) is 0 Å². The van der Waals surface area contributed by atoms with Gasteiger partial charge in [0, 0.05) is 17.8 Å². The molecule has 162 valence electrons. The number of nitrogens with zero attached hydrogens (tertiary/aromatic N) is 1. The molecule has 0 atom stereocenters. The monoisotopic (exact) mass is 426 g/mol. The van der Waals surface area contributed by atoms with Crippen molar-refractivity contribution in [3.63, 3.8) is 0 Å². The molecule has 0 bridgehead atoms. The molecule has 32 heavy (non-hydrogen) atoms. The minimum Gasteiger partial charge on any atom is -0.321 e. The summed E-state index contributed by atoms with van der Waals surface area (Å²) in [6.45, 7) is 4.41. The molecule has 5 nitrogen and oxygen atoms in total. The summed E-state index contributed by atoms with van der Waals surface area (Å²) in [6.07, 6.45) is 2.20. The highest BCUT2D eigenvalue weighted by Gasteiger charge is 2.35. The third kappa shape index (κ3) is 4.06. The first kappa shape index (κ1) is 21.5. The molecule has 1 N–H and O–H groups in total. The number of benzene rings is 3. The van der Waals surface area contributed by atoms with Gasteiger partial charge in [-0.25, -0.2) is 0 Å². The number of para-hydroxylation sites is 1. The van der Waals surface area contributed by atoms with Gasteiger partial charge in [0.1, 0.15) is 0 Å². The molecule has 0 fully saturated rings. The van der Waals surface area contributed by atoms with Crippen molar-refractivity contribution in [2.75, 3.05) is 11.9 Å². The first-order chi connectivity index (χ1) is 15.5. The van der Waals surface area contributed by atoms with Crippen molar-refractivity contribution in [2.45, 2.75) is 33.1 Å². The average Bonchev–Trinajstić information content (AvgIpc) is 3.07. The number of amides is 3. The average molecular weight is 427 g/mol. The van der Waals surface area contributed by atoms with Gasteiger partial charge in [-0.2, -0.15) is 0 Å². The van der Waals surface area contributed by atoms with Crippen LogP contribution < -0.4 is 5.32 Å². The fourth-order valence-electron chi connectivity index (χ4n) is 4.11. The lowest BCUT2D eigenvalue weighted by Gasteiger charge is -2.14. The number of anilines is 1. The van der Waals surface area contributed by atoms with Gasteiger partial charge < -0.3 is 5.32 Å². The van der Waals surface area contributed by atoms with Gasteiger partial charge in [0.25, 0.3) is 17.7 Å². The summed E-state index contributed by atoms with van der Waals surface area (Å²) in [6, 6.07) is 20.5. The van der Waals surface area contributed by atoms with Crippen molar-refractivity contribution >= 4 is 23.4 Å². The number of hydrogen-bond acceptors (Lipinski definition) is 3. The van der Waals surface area contributed by atoms with Gasteiger partial charge in [-0.15, -0.1) is 0 Å². The minimum absolute atomic E-state index is 0.286. The Bertz CT molecular complexity index is 1160. The Kier molecular flexibility index (Phi) is 6.17. The molecule has 3 aromatic rings. The maximum absolute atomic E-state index is 13.0. The summed E-state index contributed by atoms with van der Waals surface area (Å²) in [4.78, 5) is 40.0. The molecule has 1 aliphatic heterocycles. The fraction of sp³-hybridized carbons (Fsp3) is 0.222. The number of rotatable bonds is 7. The van der Waals surface area contributed by atoms with Gasteiger partial charge in [-0.05, 0) is 54.2 Å². The molecule has 0 unspecified atom stereocenters. The van der Waals surface area contributed by atoms with Crippen LogP contribution in [0.15, 0.2) is 66.7 Å².